The molecule has 0 spiro atoms. The Morgan fingerprint density at radius 1 is 1.23 bits per heavy atom. The molecule has 2 amide bonds. The number of halogens is 2. The summed E-state index contributed by atoms with van der Waals surface area (Å²) in [5.74, 6) is 0.683. The average Bonchev–Trinajstić information content (AvgIpc) is 3.34. The molecule has 138 valence electrons. The summed E-state index contributed by atoms with van der Waals surface area (Å²) in [6.07, 6.45) is 2.07. The molecule has 1 heterocycles. The first kappa shape index (κ1) is 18.8. The van der Waals surface area contributed by atoms with E-state index in [-0.39, 0.29) is 31.5 Å². The van der Waals surface area contributed by atoms with Crippen LogP contribution in [0.25, 0.3) is 0 Å². The van der Waals surface area contributed by atoms with Crippen LogP contribution >= 0.6 is 31.9 Å². The van der Waals surface area contributed by atoms with Gasteiger partial charge in [0.25, 0.3) is 5.91 Å². The van der Waals surface area contributed by atoms with E-state index in [1.807, 2.05) is 12.1 Å². The van der Waals surface area contributed by atoms with Crippen molar-refractivity contribution in [2.45, 2.75) is 18.8 Å². The molecule has 1 aromatic heterocycles. The number of carbonyl (C=O) groups is 2. The fraction of sp³-hybridized carbons (Fsp3) is 0.375. The van der Waals surface area contributed by atoms with E-state index in [1.54, 1.807) is 6.07 Å². The summed E-state index contributed by atoms with van der Waals surface area (Å²) in [5.41, 5.74) is 0. The Kier molecular flexibility index (Phi) is 6.25. The van der Waals surface area contributed by atoms with Crippen LogP contribution < -0.4 is 15.4 Å². The highest BCUT2D eigenvalue weighted by atomic mass is 79.9. The van der Waals surface area contributed by atoms with Gasteiger partial charge in [-0.05, 0) is 47.0 Å². The van der Waals surface area contributed by atoms with Gasteiger partial charge in [-0.15, -0.1) is 0 Å². The van der Waals surface area contributed by atoms with Gasteiger partial charge in [0, 0.05) is 23.5 Å². The Bertz CT molecular complexity index is 807. The predicted octanol–water partition coefficient (Wildman–Crippen LogP) is 2.40. The minimum absolute atomic E-state index is 0.0540. The van der Waals surface area contributed by atoms with Gasteiger partial charge in [0.05, 0.1) is 4.47 Å². The maximum atomic E-state index is 11.9. The molecule has 0 radical (unpaired) electrons. The number of ether oxygens (including phenoxy) is 1. The normalized spacial score (nSPS) is 13.3. The second kappa shape index (κ2) is 8.63. The van der Waals surface area contributed by atoms with E-state index in [4.69, 9.17) is 9.26 Å². The van der Waals surface area contributed by atoms with Crippen LogP contribution in [-0.2, 0) is 4.79 Å². The van der Waals surface area contributed by atoms with Crippen molar-refractivity contribution in [3.8, 4) is 5.75 Å². The first-order valence-corrected chi connectivity index (χ1v) is 9.58. The molecule has 2 aromatic rings. The molecule has 3 rings (SSSR count). The maximum Gasteiger partial charge on any atom is 0.315 e. The zero-order valence-corrected chi connectivity index (χ0v) is 16.8. The molecule has 0 unspecified atom stereocenters. The van der Waals surface area contributed by atoms with Crippen molar-refractivity contribution >= 4 is 43.7 Å². The van der Waals surface area contributed by atoms with Gasteiger partial charge in [0.1, 0.15) is 5.75 Å². The van der Waals surface area contributed by atoms with Gasteiger partial charge in [0.2, 0.25) is 0 Å². The number of nitrogens with zero attached hydrogens (tertiary/aromatic N) is 2. The zero-order chi connectivity index (χ0) is 18.5. The molecule has 1 aliphatic carbocycles. The lowest BCUT2D eigenvalue weighted by atomic mass is 10.3. The van der Waals surface area contributed by atoms with Crippen molar-refractivity contribution < 1.29 is 18.8 Å². The molecule has 0 atom stereocenters. The van der Waals surface area contributed by atoms with E-state index in [9.17, 15) is 9.59 Å². The molecule has 0 bridgehead atoms. The van der Waals surface area contributed by atoms with Crippen molar-refractivity contribution in [3.63, 3.8) is 0 Å². The first-order chi connectivity index (χ1) is 12.5. The van der Waals surface area contributed by atoms with E-state index >= 15 is 0 Å². The highest BCUT2D eigenvalue weighted by Gasteiger charge is 2.29. The van der Waals surface area contributed by atoms with E-state index in [0.717, 1.165) is 21.8 Å². The predicted molar refractivity (Wildman–Crippen MR) is 99.0 cm³/mol. The summed E-state index contributed by atoms with van der Waals surface area (Å²) in [4.78, 5) is 27.7. The lowest BCUT2D eigenvalue weighted by Crippen LogP contribution is -2.36. The van der Waals surface area contributed by atoms with E-state index < -0.39 is 5.91 Å². The highest BCUT2D eigenvalue weighted by molar-refractivity contribution is 9.11. The molecule has 0 aliphatic heterocycles. The van der Waals surface area contributed by atoms with Gasteiger partial charge in [-0.3, -0.25) is 9.59 Å². The number of benzene rings is 1. The molecule has 0 saturated heterocycles. The third-order valence-electron chi connectivity index (χ3n) is 3.56. The Morgan fingerprint density at radius 3 is 2.73 bits per heavy atom. The minimum Gasteiger partial charge on any atom is -0.483 e. The first-order valence-electron chi connectivity index (χ1n) is 7.99. The summed E-state index contributed by atoms with van der Waals surface area (Å²) in [6.45, 7) is 0.384. The van der Waals surface area contributed by atoms with Crippen LogP contribution in [0.5, 0.6) is 5.75 Å². The van der Waals surface area contributed by atoms with Crippen LogP contribution in [0, 0.1) is 0 Å². The Balaban J connectivity index is 1.33. The van der Waals surface area contributed by atoms with Crippen molar-refractivity contribution in [2.75, 3.05) is 19.7 Å². The Morgan fingerprint density at radius 2 is 2.00 bits per heavy atom. The van der Waals surface area contributed by atoms with Gasteiger partial charge in [-0.2, -0.15) is 4.98 Å². The van der Waals surface area contributed by atoms with Crippen molar-refractivity contribution in [3.05, 3.63) is 38.9 Å². The molecular formula is C16H16Br2N4O4. The molecule has 1 aromatic carbocycles. The molecule has 1 aliphatic rings. The number of nitrogens with one attached hydrogen (secondary N) is 2. The number of aromatic nitrogens is 2. The third-order valence-corrected chi connectivity index (χ3v) is 4.68. The number of amides is 2. The lowest BCUT2D eigenvalue weighted by molar-refractivity contribution is -0.123. The van der Waals surface area contributed by atoms with Gasteiger partial charge in [-0.1, -0.05) is 21.1 Å². The maximum absolute atomic E-state index is 11.9. The van der Waals surface area contributed by atoms with Gasteiger partial charge >= 0.3 is 11.8 Å². The SMILES string of the molecule is O=C(COc1ccc(Br)cc1Br)NCCNC(=O)c1nc(C2CC2)no1. The van der Waals surface area contributed by atoms with Gasteiger partial charge < -0.3 is 19.9 Å². The summed E-state index contributed by atoms with van der Waals surface area (Å²) in [5, 5.41) is 9.05. The number of hydrogen-bond acceptors (Lipinski definition) is 6. The van der Waals surface area contributed by atoms with Crippen molar-refractivity contribution in [2.24, 2.45) is 0 Å². The second-order valence-corrected chi connectivity index (χ2v) is 7.47. The smallest absolute Gasteiger partial charge is 0.315 e. The minimum atomic E-state index is -0.450. The van der Waals surface area contributed by atoms with Crippen molar-refractivity contribution in [1.82, 2.24) is 20.8 Å². The Labute approximate surface area is 166 Å². The van der Waals surface area contributed by atoms with E-state index in [2.05, 4.69) is 52.6 Å². The molecule has 1 saturated carbocycles. The zero-order valence-electron chi connectivity index (χ0n) is 13.6. The van der Waals surface area contributed by atoms with Gasteiger partial charge in [-0.25, -0.2) is 0 Å². The molecular weight excluding hydrogens is 472 g/mol. The molecule has 1 fully saturated rings. The summed E-state index contributed by atoms with van der Waals surface area (Å²) in [7, 11) is 0. The van der Waals surface area contributed by atoms with Crippen LogP contribution in [0.1, 0.15) is 35.3 Å². The monoisotopic (exact) mass is 486 g/mol. The van der Waals surface area contributed by atoms with Crippen LogP contribution in [0.3, 0.4) is 0 Å². The summed E-state index contributed by atoms with van der Waals surface area (Å²) in [6, 6.07) is 5.40. The standard InChI is InChI=1S/C16H16Br2N4O4/c17-10-3-4-12(11(18)7-10)25-8-13(23)19-5-6-20-15(24)16-21-14(22-26-16)9-1-2-9/h3-4,7,9H,1-2,5-6,8H2,(H,19,23)(H,20,24). The molecule has 10 heteroatoms. The lowest BCUT2D eigenvalue weighted by Gasteiger charge is -2.09. The largest absolute Gasteiger partial charge is 0.483 e. The number of rotatable bonds is 8. The van der Waals surface area contributed by atoms with Crippen molar-refractivity contribution in [1.29, 1.82) is 0 Å². The van der Waals surface area contributed by atoms with E-state index in [0.29, 0.717) is 17.5 Å². The summed E-state index contributed by atoms with van der Waals surface area (Å²) >= 11 is 6.70. The molecule has 26 heavy (non-hydrogen) atoms. The quantitative estimate of drug-likeness (QED) is 0.554. The second-order valence-electron chi connectivity index (χ2n) is 5.70. The van der Waals surface area contributed by atoms with E-state index in [1.165, 1.54) is 0 Å². The van der Waals surface area contributed by atoms with Crippen LogP contribution in [0.15, 0.2) is 31.7 Å². The average molecular weight is 488 g/mol. The molecule has 8 nitrogen and oxygen atoms in total. The van der Waals surface area contributed by atoms with Crippen LogP contribution in [-0.4, -0.2) is 41.7 Å². The van der Waals surface area contributed by atoms with Crippen LogP contribution in [0.4, 0.5) is 0 Å². The highest BCUT2D eigenvalue weighted by Crippen LogP contribution is 2.38. The van der Waals surface area contributed by atoms with Crippen LogP contribution in [0.2, 0.25) is 0 Å². The number of carbonyl (C=O) groups excluding carboxylic acids is 2. The number of hydrogen-bond donors (Lipinski definition) is 2. The molecule has 2 N–H and O–H groups in total. The Hall–Kier alpha value is -1.94. The third kappa shape index (κ3) is 5.28. The fourth-order valence-electron chi connectivity index (χ4n) is 2.07. The topological polar surface area (TPSA) is 106 Å². The fourth-order valence-corrected chi connectivity index (χ4v) is 3.24. The summed E-state index contributed by atoms with van der Waals surface area (Å²) < 4.78 is 12.0. The van der Waals surface area contributed by atoms with Gasteiger partial charge in [0.15, 0.2) is 12.4 Å².